The Hall–Kier alpha value is -2.82. The molecule has 1 spiro atoms. The van der Waals surface area contributed by atoms with E-state index in [1.165, 1.54) is 0 Å². The van der Waals surface area contributed by atoms with Crippen LogP contribution in [0.15, 0.2) is 72.8 Å². The van der Waals surface area contributed by atoms with Crippen molar-refractivity contribution in [3.05, 3.63) is 140 Å². The lowest BCUT2D eigenvalue weighted by molar-refractivity contribution is -0.0703. The molecule has 6 nitrogen and oxygen atoms in total. The van der Waals surface area contributed by atoms with Gasteiger partial charge >= 0.3 is 15.2 Å². The van der Waals surface area contributed by atoms with Crippen LogP contribution in [0.2, 0.25) is 0 Å². The van der Waals surface area contributed by atoms with E-state index >= 15 is 0 Å². The smallest absolute Gasteiger partial charge is 0.307 e. The molecule has 0 bridgehead atoms. The van der Waals surface area contributed by atoms with Gasteiger partial charge in [0.25, 0.3) is 0 Å². The summed E-state index contributed by atoms with van der Waals surface area (Å²) in [6.45, 7) is 16.8. The minimum atomic E-state index is -3.69. The minimum Gasteiger partial charge on any atom is -0.307 e. The predicted molar refractivity (Wildman–Crippen MR) is 189 cm³/mol. The zero-order valence-corrected chi connectivity index (χ0v) is 30.5. The summed E-state index contributed by atoms with van der Waals surface area (Å²) in [5, 5.41) is 0. The quantitative estimate of drug-likeness (QED) is 0.190. The van der Waals surface area contributed by atoms with Crippen molar-refractivity contribution in [2.45, 2.75) is 66.7 Å². The van der Waals surface area contributed by atoms with E-state index in [9.17, 15) is 9.13 Å². The van der Waals surface area contributed by atoms with Crippen LogP contribution in [0.1, 0.15) is 78.1 Å². The van der Waals surface area contributed by atoms with Crippen LogP contribution in [0.25, 0.3) is 0 Å². The third-order valence-electron chi connectivity index (χ3n) is 9.71. The van der Waals surface area contributed by atoms with Gasteiger partial charge in [-0.15, -0.1) is 0 Å². The molecule has 0 atom stereocenters. The monoisotopic (exact) mass is 672 g/mol. The lowest BCUT2D eigenvalue weighted by Crippen LogP contribution is -2.46. The summed E-state index contributed by atoms with van der Waals surface area (Å²) in [4.78, 5) is 0. The lowest BCUT2D eigenvalue weighted by Gasteiger charge is -2.45. The Bertz CT molecular complexity index is 1660. The highest BCUT2D eigenvalue weighted by Crippen LogP contribution is 2.71. The second kappa shape index (κ2) is 12.9. The third-order valence-corrected chi connectivity index (χ3v) is 14.0. The molecule has 6 rings (SSSR count). The van der Waals surface area contributed by atoms with Crippen molar-refractivity contribution < 1.29 is 27.2 Å². The molecule has 0 unspecified atom stereocenters. The first-order valence-corrected chi connectivity index (χ1v) is 19.5. The van der Waals surface area contributed by atoms with E-state index in [4.69, 9.17) is 18.1 Å². The topological polar surface area (TPSA) is 71.1 Å². The van der Waals surface area contributed by atoms with Crippen LogP contribution >= 0.6 is 15.2 Å². The van der Waals surface area contributed by atoms with Gasteiger partial charge in [0.15, 0.2) is 0 Å². The first-order valence-electron chi connectivity index (χ1n) is 16.3. The fourth-order valence-electron chi connectivity index (χ4n) is 7.08. The molecule has 8 heteroatoms. The maximum absolute atomic E-state index is 14.8. The Morgan fingerprint density at radius 1 is 0.447 bits per heavy atom. The van der Waals surface area contributed by atoms with Gasteiger partial charge < -0.3 is 18.1 Å². The van der Waals surface area contributed by atoms with Crippen molar-refractivity contribution in [2.75, 3.05) is 26.4 Å². The van der Waals surface area contributed by atoms with Crippen molar-refractivity contribution in [3.8, 4) is 0 Å². The largest absolute Gasteiger partial charge is 0.342 e. The number of benzene rings is 4. The van der Waals surface area contributed by atoms with Crippen LogP contribution in [0.5, 0.6) is 0 Å². The van der Waals surface area contributed by atoms with Crippen LogP contribution in [0.3, 0.4) is 0 Å². The molecule has 0 aromatic heterocycles. The molecule has 248 valence electrons. The van der Waals surface area contributed by atoms with Gasteiger partial charge in [-0.2, -0.15) is 0 Å². The maximum Gasteiger partial charge on any atom is 0.342 e. The summed E-state index contributed by atoms with van der Waals surface area (Å²) >= 11 is 0. The Kier molecular flexibility index (Phi) is 9.35. The molecule has 4 aromatic carbocycles. The third kappa shape index (κ3) is 6.62. The number of hydrogen-bond donors (Lipinski definition) is 0. The van der Waals surface area contributed by atoms with Gasteiger partial charge in [-0.25, -0.2) is 0 Å². The zero-order chi connectivity index (χ0) is 33.7. The summed E-state index contributed by atoms with van der Waals surface area (Å²) in [7, 11) is -7.39. The van der Waals surface area contributed by atoms with Gasteiger partial charge in [-0.1, -0.05) is 95.1 Å². The first-order chi connectivity index (χ1) is 22.2. The molecule has 2 fully saturated rings. The van der Waals surface area contributed by atoms with Crippen molar-refractivity contribution in [1.29, 1.82) is 0 Å². The number of rotatable bonds is 6. The Morgan fingerprint density at radius 3 is 0.894 bits per heavy atom. The first kappa shape index (κ1) is 34.1. The Labute approximate surface area is 279 Å². The number of aryl methyl sites for hydroxylation is 8. The number of hydrogen-bond acceptors (Lipinski definition) is 6. The van der Waals surface area contributed by atoms with Crippen LogP contribution in [-0.4, -0.2) is 26.4 Å². The van der Waals surface area contributed by atoms with Crippen LogP contribution < -0.4 is 0 Å². The fourth-order valence-corrected chi connectivity index (χ4v) is 12.2. The lowest BCUT2D eigenvalue weighted by atomic mass is 9.93. The van der Waals surface area contributed by atoms with E-state index in [1.54, 1.807) is 0 Å². The highest BCUT2D eigenvalue weighted by molar-refractivity contribution is 7.55. The zero-order valence-electron chi connectivity index (χ0n) is 28.8. The summed E-state index contributed by atoms with van der Waals surface area (Å²) in [5.41, 5.74) is 10.4. The van der Waals surface area contributed by atoms with Gasteiger partial charge in [-0.05, 0) is 99.9 Å². The second-order valence-electron chi connectivity index (χ2n) is 13.9. The summed E-state index contributed by atoms with van der Waals surface area (Å²) in [6, 6.07) is 24.7. The molecule has 2 aliphatic rings. The fraction of sp³-hybridized carbons (Fsp3) is 0.385. The van der Waals surface area contributed by atoms with Gasteiger partial charge in [0.1, 0.15) is 11.3 Å². The molecule has 2 saturated heterocycles. The maximum atomic E-state index is 14.8. The SMILES string of the molecule is Cc1ccc(C(c2ccc(C)cc2C)P2(=O)OCC3(CO2)COP(=O)(C(c2ccc(C)cc2C)c2ccc(C)cc2C)OC3)c(C)c1. The highest BCUT2D eigenvalue weighted by Gasteiger charge is 2.54. The molecule has 0 amide bonds. The van der Waals surface area contributed by atoms with Gasteiger partial charge in [-0.3, -0.25) is 9.13 Å². The molecular formula is C39H46O6P2. The average molecular weight is 673 g/mol. The second-order valence-corrected chi connectivity index (χ2v) is 18.1. The van der Waals surface area contributed by atoms with Crippen molar-refractivity contribution in [1.82, 2.24) is 0 Å². The van der Waals surface area contributed by atoms with E-state index in [-0.39, 0.29) is 26.4 Å². The van der Waals surface area contributed by atoms with Crippen molar-refractivity contribution in [2.24, 2.45) is 5.41 Å². The average Bonchev–Trinajstić information content (AvgIpc) is 3.01. The summed E-state index contributed by atoms with van der Waals surface area (Å²) in [5.74, 6) is 0. The van der Waals surface area contributed by atoms with E-state index in [1.807, 2.05) is 76.2 Å². The molecule has 0 saturated carbocycles. The molecule has 0 radical (unpaired) electrons. The minimum absolute atomic E-state index is 0.106. The molecule has 0 aliphatic carbocycles. The van der Waals surface area contributed by atoms with E-state index in [2.05, 4.69) is 52.0 Å². The standard InChI is InChI=1S/C39H46O6P2/c1-25-9-13-33(29(5)17-25)37(34-14-10-26(2)18-30(34)6)46(40)42-21-39(22-43-46)23-44-47(41,45-24-39)38(35-15-11-27(3)19-31(35)7)36-16-12-28(4)20-32(36)8/h9-20,37-38H,21-24H2,1-8H3. The van der Waals surface area contributed by atoms with E-state index in [0.717, 1.165) is 66.8 Å². The Morgan fingerprint density at radius 2 is 0.681 bits per heavy atom. The van der Waals surface area contributed by atoms with Gasteiger partial charge in [0.2, 0.25) is 0 Å². The Balaban J connectivity index is 1.29. The summed E-state index contributed by atoms with van der Waals surface area (Å²) in [6.07, 6.45) is 0. The molecule has 0 N–H and O–H groups in total. The molecule has 4 aromatic rings. The van der Waals surface area contributed by atoms with Crippen LogP contribution in [0, 0.1) is 60.8 Å². The van der Waals surface area contributed by atoms with E-state index < -0.39 is 31.9 Å². The van der Waals surface area contributed by atoms with Gasteiger partial charge in [0.05, 0.1) is 31.8 Å². The van der Waals surface area contributed by atoms with Gasteiger partial charge in [0, 0.05) is 0 Å². The van der Waals surface area contributed by atoms with Crippen molar-refractivity contribution >= 4 is 15.2 Å². The molecule has 47 heavy (non-hydrogen) atoms. The molecule has 2 aliphatic heterocycles. The molecular weight excluding hydrogens is 626 g/mol. The molecule has 2 heterocycles. The summed E-state index contributed by atoms with van der Waals surface area (Å²) < 4.78 is 55.0. The van der Waals surface area contributed by atoms with E-state index in [0.29, 0.717) is 0 Å². The van der Waals surface area contributed by atoms with Crippen molar-refractivity contribution in [3.63, 3.8) is 0 Å². The predicted octanol–water partition coefficient (Wildman–Crippen LogP) is 10.5. The normalized spacial score (nSPS) is 24.7. The van der Waals surface area contributed by atoms with Crippen LogP contribution in [-0.2, 0) is 27.2 Å². The highest BCUT2D eigenvalue weighted by atomic mass is 31.2. The van der Waals surface area contributed by atoms with Crippen LogP contribution in [0.4, 0.5) is 0 Å².